The fourth-order valence-corrected chi connectivity index (χ4v) is 4.70. The predicted molar refractivity (Wildman–Crippen MR) is 108 cm³/mol. The summed E-state index contributed by atoms with van der Waals surface area (Å²) in [5, 5.41) is 12.3. The maximum absolute atomic E-state index is 11.2. The van der Waals surface area contributed by atoms with Crippen molar-refractivity contribution >= 4 is 23.9 Å². The lowest BCUT2D eigenvalue weighted by atomic mass is 9.73. The smallest absolute Gasteiger partial charge is 0.272 e. The van der Waals surface area contributed by atoms with Gasteiger partial charge in [-0.2, -0.15) is 0 Å². The molecule has 0 saturated carbocycles. The molecule has 135 valence electrons. The van der Waals surface area contributed by atoms with Gasteiger partial charge in [0, 0.05) is 23.6 Å². The van der Waals surface area contributed by atoms with Crippen molar-refractivity contribution in [1.29, 1.82) is 0 Å². The van der Waals surface area contributed by atoms with Gasteiger partial charge in [0.15, 0.2) is 0 Å². The molecule has 1 radical (unpaired) electrons. The molecule has 2 aromatic rings. The maximum atomic E-state index is 11.2. The van der Waals surface area contributed by atoms with Gasteiger partial charge in [0.25, 0.3) is 7.41 Å². The number of aliphatic hydroxyl groups is 1. The molecular weight excluding hydrogens is 321 g/mol. The van der Waals surface area contributed by atoms with Crippen LogP contribution in [-0.4, -0.2) is 60.4 Å². The fraction of sp³-hybridized carbons (Fsp3) is 0.476. The SMILES string of the molecule is C=CC1CN2CCC1CC2[C@@H](O)c1cccc2nc([B]N(C)C)ccc12. The van der Waals surface area contributed by atoms with Crippen LogP contribution in [0, 0.1) is 11.8 Å². The first kappa shape index (κ1) is 17.7. The molecule has 0 amide bonds. The quantitative estimate of drug-likeness (QED) is 0.663. The highest BCUT2D eigenvalue weighted by Crippen LogP contribution is 2.41. The average Bonchev–Trinajstić information content (AvgIpc) is 2.66. The molecule has 3 aliphatic heterocycles. The van der Waals surface area contributed by atoms with Crippen molar-refractivity contribution in [2.45, 2.75) is 25.0 Å². The summed E-state index contributed by atoms with van der Waals surface area (Å²) in [6.07, 6.45) is 3.90. The summed E-state index contributed by atoms with van der Waals surface area (Å²) in [6, 6.07) is 10.4. The number of hydrogen-bond acceptors (Lipinski definition) is 4. The zero-order valence-electron chi connectivity index (χ0n) is 15.7. The Morgan fingerprint density at radius 3 is 2.88 bits per heavy atom. The number of hydrogen-bond donors (Lipinski definition) is 1. The summed E-state index contributed by atoms with van der Waals surface area (Å²) in [7, 11) is 5.99. The molecule has 5 rings (SSSR count). The minimum atomic E-state index is -0.474. The lowest BCUT2D eigenvalue weighted by Crippen LogP contribution is -2.54. The molecule has 1 aromatic carbocycles. The van der Waals surface area contributed by atoms with Gasteiger partial charge in [-0.1, -0.05) is 24.3 Å². The molecule has 3 aliphatic rings. The number of nitrogens with zero attached hydrogens (tertiary/aromatic N) is 3. The van der Waals surface area contributed by atoms with Crippen molar-refractivity contribution < 1.29 is 5.11 Å². The zero-order valence-corrected chi connectivity index (χ0v) is 15.7. The second-order valence-electron chi connectivity index (χ2n) is 7.93. The van der Waals surface area contributed by atoms with Crippen molar-refractivity contribution in [3.05, 3.63) is 48.6 Å². The van der Waals surface area contributed by atoms with E-state index in [1.54, 1.807) is 0 Å². The topological polar surface area (TPSA) is 39.6 Å². The van der Waals surface area contributed by atoms with E-state index in [0.717, 1.165) is 41.6 Å². The lowest BCUT2D eigenvalue weighted by Gasteiger charge is -2.50. The van der Waals surface area contributed by atoms with Gasteiger partial charge in [0.05, 0.1) is 11.6 Å². The summed E-state index contributed by atoms with van der Waals surface area (Å²) < 4.78 is 0. The van der Waals surface area contributed by atoms with Gasteiger partial charge in [-0.15, -0.1) is 6.58 Å². The van der Waals surface area contributed by atoms with E-state index in [1.807, 2.05) is 44.5 Å². The van der Waals surface area contributed by atoms with Gasteiger partial charge < -0.3 is 9.92 Å². The third-order valence-electron chi connectivity index (χ3n) is 6.01. The Labute approximate surface area is 156 Å². The van der Waals surface area contributed by atoms with E-state index in [1.165, 1.54) is 6.42 Å². The van der Waals surface area contributed by atoms with Gasteiger partial charge in [-0.05, 0) is 63.0 Å². The molecule has 26 heavy (non-hydrogen) atoms. The van der Waals surface area contributed by atoms with Crippen molar-refractivity contribution in [2.24, 2.45) is 11.8 Å². The predicted octanol–water partition coefficient (Wildman–Crippen LogP) is 1.97. The third kappa shape index (κ3) is 3.20. The Balaban J connectivity index is 1.63. The van der Waals surface area contributed by atoms with E-state index in [4.69, 9.17) is 4.98 Å². The first-order valence-electron chi connectivity index (χ1n) is 9.52. The van der Waals surface area contributed by atoms with E-state index in [9.17, 15) is 5.11 Å². The molecule has 3 saturated heterocycles. The Hall–Kier alpha value is -1.69. The Morgan fingerprint density at radius 1 is 1.35 bits per heavy atom. The van der Waals surface area contributed by atoms with Crippen LogP contribution in [0.3, 0.4) is 0 Å². The molecule has 5 atom stereocenters. The van der Waals surface area contributed by atoms with E-state index in [0.29, 0.717) is 11.8 Å². The van der Waals surface area contributed by atoms with Gasteiger partial charge in [0.1, 0.15) is 0 Å². The van der Waals surface area contributed by atoms with E-state index in [-0.39, 0.29) is 6.04 Å². The summed E-state index contributed by atoms with van der Waals surface area (Å²) in [6.45, 7) is 6.11. The van der Waals surface area contributed by atoms with Crippen molar-refractivity contribution in [1.82, 2.24) is 14.7 Å². The van der Waals surface area contributed by atoms with Crippen LogP contribution in [0.25, 0.3) is 10.9 Å². The first-order chi connectivity index (χ1) is 12.6. The highest BCUT2D eigenvalue weighted by atomic mass is 16.3. The summed E-state index contributed by atoms with van der Waals surface area (Å²) in [5.74, 6) is 1.23. The lowest BCUT2D eigenvalue weighted by molar-refractivity contribution is -0.0444. The van der Waals surface area contributed by atoms with Crippen LogP contribution >= 0.6 is 0 Å². The Kier molecular flexibility index (Phi) is 4.87. The van der Waals surface area contributed by atoms with Crippen LogP contribution in [0.4, 0.5) is 0 Å². The summed E-state index contributed by atoms with van der Waals surface area (Å²) in [5.41, 5.74) is 2.87. The van der Waals surface area contributed by atoms with Gasteiger partial charge in [-0.3, -0.25) is 9.88 Å². The highest BCUT2D eigenvalue weighted by Gasteiger charge is 2.42. The Bertz CT molecular complexity index is 809. The molecule has 0 aliphatic carbocycles. The number of rotatable bonds is 5. The maximum Gasteiger partial charge on any atom is 0.272 e. The van der Waals surface area contributed by atoms with Crippen molar-refractivity contribution in [3.8, 4) is 0 Å². The van der Waals surface area contributed by atoms with E-state index >= 15 is 0 Å². The van der Waals surface area contributed by atoms with Crippen molar-refractivity contribution in [3.63, 3.8) is 0 Å². The average molecular weight is 348 g/mol. The Morgan fingerprint density at radius 2 is 2.19 bits per heavy atom. The van der Waals surface area contributed by atoms with Crippen LogP contribution in [-0.2, 0) is 0 Å². The van der Waals surface area contributed by atoms with Crippen LogP contribution in [0.5, 0.6) is 0 Å². The van der Waals surface area contributed by atoms with Crippen LogP contribution in [0.2, 0.25) is 0 Å². The summed E-state index contributed by atoms with van der Waals surface area (Å²) in [4.78, 5) is 9.19. The van der Waals surface area contributed by atoms with Crippen molar-refractivity contribution in [2.75, 3.05) is 27.2 Å². The number of pyridine rings is 1. The molecule has 4 unspecified atom stereocenters. The highest BCUT2D eigenvalue weighted by molar-refractivity contribution is 6.49. The fourth-order valence-electron chi connectivity index (χ4n) is 4.70. The molecule has 5 heteroatoms. The number of piperidine rings is 3. The molecule has 4 heterocycles. The molecule has 3 fully saturated rings. The second kappa shape index (κ2) is 7.14. The standard InChI is InChI=1S/C21H27BN3O/c1-4-14-13-25-11-10-15(14)12-19(25)21(26)17-6-5-7-18-16(17)8-9-20(23-18)22-24(2)3/h4-9,14-15,19,21,26H,1,10-13H2,2-3H3/t14?,15?,19?,21-/m0/s1. The molecule has 1 N–H and O–H groups in total. The molecule has 0 spiro atoms. The first-order valence-corrected chi connectivity index (χ1v) is 9.52. The number of aromatic nitrogens is 1. The van der Waals surface area contributed by atoms with Gasteiger partial charge in [0.2, 0.25) is 0 Å². The zero-order chi connectivity index (χ0) is 18.3. The van der Waals surface area contributed by atoms with Crippen LogP contribution in [0.15, 0.2) is 43.0 Å². The monoisotopic (exact) mass is 348 g/mol. The van der Waals surface area contributed by atoms with E-state index < -0.39 is 6.10 Å². The minimum Gasteiger partial charge on any atom is -0.387 e. The van der Waals surface area contributed by atoms with E-state index in [2.05, 4.69) is 29.7 Å². The van der Waals surface area contributed by atoms with Gasteiger partial charge >= 0.3 is 0 Å². The van der Waals surface area contributed by atoms with Crippen LogP contribution < -0.4 is 5.59 Å². The van der Waals surface area contributed by atoms with Gasteiger partial charge in [-0.25, -0.2) is 0 Å². The molecular formula is C21H27BN3O. The second-order valence-corrected chi connectivity index (χ2v) is 7.93. The number of fused-ring (bicyclic) bond motifs is 4. The molecule has 1 aromatic heterocycles. The third-order valence-corrected chi connectivity index (χ3v) is 6.01. The summed E-state index contributed by atoms with van der Waals surface area (Å²) >= 11 is 0. The largest absolute Gasteiger partial charge is 0.387 e. The molecule has 2 bridgehead atoms. The normalized spacial score (nSPS) is 29.1. The van der Waals surface area contributed by atoms with Crippen LogP contribution in [0.1, 0.15) is 24.5 Å². The number of benzene rings is 1. The number of aliphatic hydroxyl groups excluding tert-OH is 1. The minimum absolute atomic E-state index is 0.198. The molecule has 4 nitrogen and oxygen atoms in total.